The molecule has 5 heteroatoms. The largest absolute Gasteiger partial charge is 0.380 e. The second kappa shape index (κ2) is 6.22. The quantitative estimate of drug-likeness (QED) is 0.939. The number of nitrogens with one attached hydrogen (secondary N) is 1. The zero-order valence-electron chi connectivity index (χ0n) is 11.4. The highest BCUT2D eigenvalue weighted by Gasteiger charge is 2.12. The van der Waals surface area contributed by atoms with E-state index in [4.69, 9.17) is 5.26 Å². The Balaban J connectivity index is 2.13. The maximum atomic E-state index is 12.1. The number of carbonyl (C=O) groups is 1. The molecule has 0 aliphatic heterocycles. The van der Waals surface area contributed by atoms with Crippen molar-refractivity contribution < 1.29 is 4.79 Å². The Kier molecular flexibility index (Phi) is 4.38. The lowest BCUT2D eigenvalue weighted by Gasteiger charge is -2.14. The van der Waals surface area contributed by atoms with Crippen LogP contribution in [-0.4, -0.2) is 24.9 Å². The molecule has 0 bridgehead atoms. The Morgan fingerprint density at radius 2 is 2.05 bits per heavy atom. The van der Waals surface area contributed by atoms with Gasteiger partial charge in [0.15, 0.2) is 0 Å². The predicted octanol–water partition coefficient (Wildman–Crippen LogP) is 2.93. The summed E-state index contributed by atoms with van der Waals surface area (Å²) in [7, 11) is 3.47. The van der Waals surface area contributed by atoms with Gasteiger partial charge in [0, 0.05) is 31.2 Å². The third-order valence-electron chi connectivity index (χ3n) is 2.79. The van der Waals surface area contributed by atoms with E-state index in [2.05, 4.69) is 11.4 Å². The Labute approximate surface area is 122 Å². The molecule has 0 unspecified atom stereocenters. The van der Waals surface area contributed by atoms with Crippen LogP contribution in [-0.2, 0) is 6.54 Å². The third kappa shape index (κ3) is 3.16. The van der Waals surface area contributed by atoms with Crippen molar-refractivity contribution in [2.45, 2.75) is 6.54 Å². The SMILES string of the molecule is CN(C)C(=O)c1ccccc1NCc1ccc(C#N)s1. The summed E-state index contributed by atoms with van der Waals surface area (Å²) in [5.74, 6) is -0.0306. The molecule has 0 aliphatic rings. The molecule has 0 atom stereocenters. The molecule has 0 fully saturated rings. The molecule has 0 aliphatic carbocycles. The van der Waals surface area contributed by atoms with Gasteiger partial charge in [0.05, 0.1) is 5.56 Å². The van der Waals surface area contributed by atoms with Crippen molar-refractivity contribution in [3.05, 3.63) is 51.7 Å². The topological polar surface area (TPSA) is 56.1 Å². The molecule has 0 saturated heterocycles. The van der Waals surface area contributed by atoms with Gasteiger partial charge in [0.2, 0.25) is 0 Å². The van der Waals surface area contributed by atoms with Gasteiger partial charge in [-0.1, -0.05) is 12.1 Å². The molecule has 1 amide bonds. The molecule has 0 saturated carbocycles. The van der Waals surface area contributed by atoms with E-state index in [9.17, 15) is 4.79 Å². The number of benzene rings is 1. The van der Waals surface area contributed by atoms with Gasteiger partial charge in [-0.3, -0.25) is 4.79 Å². The molecular weight excluding hydrogens is 270 g/mol. The fourth-order valence-electron chi connectivity index (χ4n) is 1.78. The van der Waals surface area contributed by atoms with Gasteiger partial charge in [-0.25, -0.2) is 0 Å². The van der Waals surface area contributed by atoms with Crippen molar-refractivity contribution >= 4 is 22.9 Å². The molecule has 102 valence electrons. The van der Waals surface area contributed by atoms with Crippen molar-refractivity contribution in [3.8, 4) is 6.07 Å². The highest BCUT2D eigenvalue weighted by molar-refractivity contribution is 7.12. The maximum absolute atomic E-state index is 12.1. The first kappa shape index (κ1) is 14.1. The Morgan fingerprint density at radius 1 is 1.30 bits per heavy atom. The van der Waals surface area contributed by atoms with Crippen LogP contribution in [0.25, 0.3) is 0 Å². The van der Waals surface area contributed by atoms with E-state index < -0.39 is 0 Å². The number of amides is 1. The fraction of sp³-hybridized carbons (Fsp3) is 0.200. The standard InChI is InChI=1S/C15H15N3OS/c1-18(2)15(19)13-5-3-4-6-14(13)17-10-12-8-7-11(9-16)20-12/h3-8,17H,10H2,1-2H3. The van der Waals surface area contributed by atoms with Crippen LogP contribution in [0.15, 0.2) is 36.4 Å². The smallest absolute Gasteiger partial charge is 0.255 e. The molecule has 1 N–H and O–H groups in total. The van der Waals surface area contributed by atoms with E-state index in [0.29, 0.717) is 17.0 Å². The van der Waals surface area contributed by atoms with Crippen molar-refractivity contribution in [2.24, 2.45) is 0 Å². The van der Waals surface area contributed by atoms with Gasteiger partial charge in [0.1, 0.15) is 10.9 Å². The molecule has 20 heavy (non-hydrogen) atoms. The van der Waals surface area contributed by atoms with Gasteiger partial charge in [-0.05, 0) is 24.3 Å². The van der Waals surface area contributed by atoms with E-state index in [1.165, 1.54) is 11.3 Å². The zero-order valence-corrected chi connectivity index (χ0v) is 12.2. The second-order valence-corrected chi connectivity index (χ2v) is 5.64. The lowest BCUT2D eigenvalue weighted by molar-refractivity contribution is 0.0828. The third-order valence-corrected chi connectivity index (χ3v) is 3.78. The first-order valence-electron chi connectivity index (χ1n) is 6.15. The van der Waals surface area contributed by atoms with Gasteiger partial charge in [0.25, 0.3) is 5.91 Å². The van der Waals surface area contributed by atoms with Gasteiger partial charge in [-0.15, -0.1) is 11.3 Å². The van der Waals surface area contributed by atoms with Crippen LogP contribution in [0.5, 0.6) is 0 Å². The normalized spacial score (nSPS) is 9.85. The van der Waals surface area contributed by atoms with Crippen LogP contribution in [0.4, 0.5) is 5.69 Å². The van der Waals surface area contributed by atoms with Gasteiger partial charge >= 0.3 is 0 Å². The number of hydrogen-bond acceptors (Lipinski definition) is 4. The highest BCUT2D eigenvalue weighted by Crippen LogP contribution is 2.20. The molecular formula is C15H15N3OS. The van der Waals surface area contributed by atoms with Crippen LogP contribution < -0.4 is 5.32 Å². The lowest BCUT2D eigenvalue weighted by Crippen LogP contribution is -2.22. The summed E-state index contributed by atoms with van der Waals surface area (Å²) < 4.78 is 0. The minimum atomic E-state index is -0.0306. The Bertz CT molecular complexity index is 655. The first-order valence-corrected chi connectivity index (χ1v) is 6.97. The average molecular weight is 285 g/mol. The molecule has 2 rings (SSSR count). The minimum absolute atomic E-state index is 0.0306. The van der Waals surface area contributed by atoms with Crippen LogP contribution in [0.1, 0.15) is 20.1 Å². The van der Waals surface area contributed by atoms with Gasteiger partial charge < -0.3 is 10.2 Å². The van der Waals surface area contributed by atoms with Gasteiger partial charge in [-0.2, -0.15) is 5.26 Å². The van der Waals surface area contributed by atoms with Crippen molar-refractivity contribution in [3.63, 3.8) is 0 Å². The molecule has 1 aromatic carbocycles. The maximum Gasteiger partial charge on any atom is 0.255 e. The fourth-order valence-corrected chi connectivity index (χ4v) is 2.52. The van der Waals surface area contributed by atoms with Crippen LogP contribution >= 0.6 is 11.3 Å². The number of thiophene rings is 1. The second-order valence-electron chi connectivity index (χ2n) is 4.48. The Hall–Kier alpha value is -2.32. The molecule has 0 spiro atoms. The number of nitrogens with zero attached hydrogens (tertiary/aromatic N) is 2. The minimum Gasteiger partial charge on any atom is -0.380 e. The van der Waals surface area contributed by atoms with E-state index in [1.54, 1.807) is 31.1 Å². The van der Waals surface area contributed by atoms with E-state index >= 15 is 0 Å². The molecule has 4 nitrogen and oxygen atoms in total. The summed E-state index contributed by atoms with van der Waals surface area (Å²) in [6.45, 7) is 0.601. The van der Waals surface area contributed by atoms with E-state index in [0.717, 1.165) is 10.6 Å². The first-order chi connectivity index (χ1) is 9.61. The lowest BCUT2D eigenvalue weighted by atomic mass is 10.1. The number of nitriles is 1. The number of anilines is 1. The molecule has 1 aromatic heterocycles. The molecule has 1 heterocycles. The summed E-state index contributed by atoms with van der Waals surface area (Å²) >= 11 is 1.45. The van der Waals surface area contributed by atoms with Crippen molar-refractivity contribution in [1.29, 1.82) is 5.26 Å². The summed E-state index contributed by atoms with van der Waals surface area (Å²) in [6, 6.07) is 13.3. The number of hydrogen-bond donors (Lipinski definition) is 1. The monoisotopic (exact) mass is 285 g/mol. The van der Waals surface area contributed by atoms with Crippen LogP contribution in [0.2, 0.25) is 0 Å². The van der Waals surface area contributed by atoms with Crippen molar-refractivity contribution in [1.82, 2.24) is 4.90 Å². The molecule has 2 aromatic rings. The van der Waals surface area contributed by atoms with E-state index in [1.807, 2.05) is 24.3 Å². The zero-order chi connectivity index (χ0) is 14.5. The van der Waals surface area contributed by atoms with Crippen LogP contribution in [0.3, 0.4) is 0 Å². The Morgan fingerprint density at radius 3 is 2.70 bits per heavy atom. The number of para-hydroxylation sites is 1. The average Bonchev–Trinajstić information content (AvgIpc) is 2.92. The summed E-state index contributed by atoms with van der Waals surface area (Å²) in [5.41, 5.74) is 1.45. The van der Waals surface area contributed by atoms with E-state index in [-0.39, 0.29) is 5.91 Å². The highest BCUT2D eigenvalue weighted by atomic mass is 32.1. The number of rotatable bonds is 4. The molecule has 0 radical (unpaired) electrons. The van der Waals surface area contributed by atoms with Crippen LogP contribution in [0, 0.1) is 11.3 Å². The summed E-state index contributed by atoms with van der Waals surface area (Å²) in [6.07, 6.45) is 0. The van der Waals surface area contributed by atoms with Crippen molar-refractivity contribution in [2.75, 3.05) is 19.4 Å². The number of carbonyl (C=O) groups excluding carboxylic acids is 1. The summed E-state index contributed by atoms with van der Waals surface area (Å²) in [4.78, 5) is 15.4. The summed E-state index contributed by atoms with van der Waals surface area (Å²) in [5, 5.41) is 12.1. The predicted molar refractivity (Wildman–Crippen MR) is 80.8 cm³/mol.